The molecule has 2 fully saturated rings. The van der Waals surface area contributed by atoms with Crippen LogP contribution in [0.25, 0.3) is 0 Å². The molecular weight excluding hydrogens is 370 g/mol. The molecule has 4 rings (SSSR count). The zero-order chi connectivity index (χ0) is 20.1. The van der Waals surface area contributed by atoms with Gasteiger partial charge in [-0.1, -0.05) is 18.2 Å². The molecule has 0 aliphatic carbocycles. The van der Waals surface area contributed by atoms with Crippen molar-refractivity contribution in [3.63, 3.8) is 0 Å². The first-order valence-corrected chi connectivity index (χ1v) is 9.36. The summed E-state index contributed by atoms with van der Waals surface area (Å²) in [6.45, 7) is 0.213. The Morgan fingerprint density at radius 1 is 1.25 bits per heavy atom. The highest BCUT2D eigenvalue weighted by atomic mass is 19.3. The Balaban J connectivity index is 1.57. The molecule has 0 bridgehead atoms. The van der Waals surface area contributed by atoms with Crippen LogP contribution in [0, 0.1) is 0 Å². The van der Waals surface area contributed by atoms with Crippen molar-refractivity contribution in [2.24, 2.45) is 5.73 Å². The number of imide groups is 1. The van der Waals surface area contributed by atoms with Crippen LogP contribution in [-0.4, -0.2) is 58.6 Å². The van der Waals surface area contributed by atoms with Gasteiger partial charge in [-0.25, -0.2) is 8.78 Å². The van der Waals surface area contributed by atoms with Gasteiger partial charge in [-0.2, -0.15) is 0 Å². The number of likely N-dealkylation sites (tertiary alicyclic amines) is 1. The van der Waals surface area contributed by atoms with Crippen molar-refractivity contribution in [3.8, 4) is 0 Å². The number of nitrogens with two attached hydrogens (primary N) is 1. The zero-order valence-electron chi connectivity index (χ0n) is 15.3. The lowest BCUT2D eigenvalue weighted by Gasteiger charge is -2.29. The molecule has 28 heavy (non-hydrogen) atoms. The van der Waals surface area contributed by atoms with Crippen LogP contribution in [0.1, 0.15) is 40.7 Å². The number of alkyl halides is 2. The van der Waals surface area contributed by atoms with E-state index in [1.807, 2.05) is 6.07 Å². The lowest BCUT2D eigenvalue weighted by Crippen LogP contribution is -2.52. The van der Waals surface area contributed by atoms with E-state index < -0.39 is 23.9 Å². The number of nitrogens with zero attached hydrogens (tertiary/aromatic N) is 2. The Morgan fingerprint density at radius 2 is 2.04 bits per heavy atom. The molecule has 7 nitrogen and oxygen atoms in total. The number of halogens is 2. The van der Waals surface area contributed by atoms with Crippen molar-refractivity contribution in [3.05, 3.63) is 34.9 Å². The Kier molecular flexibility index (Phi) is 4.67. The van der Waals surface area contributed by atoms with Gasteiger partial charge in [0.05, 0.1) is 6.54 Å². The van der Waals surface area contributed by atoms with E-state index in [-0.39, 0.29) is 57.3 Å². The second-order valence-electron chi connectivity index (χ2n) is 7.71. The number of hydrogen-bond donors (Lipinski definition) is 2. The van der Waals surface area contributed by atoms with Crippen LogP contribution in [0.5, 0.6) is 0 Å². The van der Waals surface area contributed by atoms with E-state index in [1.54, 1.807) is 17.0 Å². The van der Waals surface area contributed by atoms with E-state index in [1.165, 1.54) is 4.90 Å². The summed E-state index contributed by atoms with van der Waals surface area (Å²) < 4.78 is 27.6. The molecule has 3 N–H and O–H groups in total. The molecule has 0 radical (unpaired) electrons. The number of amides is 3. The van der Waals surface area contributed by atoms with Crippen molar-refractivity contribution in [2.75, 3.05) is 13.1 Å². The van der Waals surface area contributed by atoms with Gasteiger partial charge in [0, 0.05) is 44.1 Å². The molecule has 2 saturated heterocycles. The standard InChI is InChI=1S/C19H22F2N4O3/c20-19(21)6-13(7-22)24(10-19)8-11-2-1-3-12-9-25(18(28)16(11)12)14-4-5-15(26)23-17(14)27/h1-3,13-14H,4-10,22H2,(H,23,26,27). The van der Waals surface area contributed by atoms with E-state index in [0.717, 1.165) is 5.56 Å². The third-order valence-corrected chi connectivity index (χ3v) is 5.77. The predicted molar refractivity (Wildman–Crippen MR) is 95.3 cm³/mol. The molecule has 2 atom stereocenters. The molecule has 9 heteroatoms. The van der Waals surface area contributed by atoms with Crippen molar-refractivity contribution in [1.82, 2.24) is 15.1 Å². The SMILES string of the molecule is NCC1CC(F)(F)CN1Cc1cccc2c1C(=O)N(C1CCC(=O)NC1=O)C2. The molecule has 3 heterocycles. The largest absolute Gasteiger partial charge is 0.329 e. The van der Waals surface area contributed by atoms with Crippen LogP contribution in [0.4, 0.5) is 8.78 Å². The predicted octanol–water partition coefficient (Wildman–Crippen LogP) is 0.616. The topological polar surface area (TPSA) is 95.7 Å². The van der Waals surface area contributed by atoms with Gasteiger partial charge in [0.25, 0.3) is 11.8 Å². The Bertz CT molecular complexity index is 844. The first kappa shape index (κ1) is 18.9. The maximum absolute atomic E-state index is 13.8. The van der Waals surface area contributed by atoms with E-state index >= 15 is 0 Å². The smallest absolute Gasteiger partial charge is 0.262 e. The van der Waals surface area contributed by atoms with Crippen molar-refractivity contribution in [1.29, 1.82) is 0 Å². The number of carbonyl (C=O) groups is 3. The summed E-state index contributed by atoms with van der Waals surface area (Å²) in [7, 11) is 0. The van der Waals surface area contributed by atoms with Crippen LogP contribution in [0.2, 0.25) is 0 Å². The molecule has 3 aliphatic heterocycles. The van der Waals surface area contributed by atoms with Gasteiger partial charge in [0.2, 0.25) is 11.8 Å². The third kappa shape index (κ3) is 3.29. The maximum Gasteiger partial charge on any atom is 0.262 e. The first-order chi connectivity index (χ1) is 13.3. The molecule has 3 amide bonds. The lowest BCUT2D eigenvalue weighted by atomic mass is 10.0. The number of rotatable bonds is 4. The minimum atomic E-state index is -2.79. The Labute approximate surface area is 160 Å². The van der Waals surface area contributed by atoms with Gasteiger partial charge in [0.15, 0.2) is 0 Å². The van der Waals surface area contributed by atoms with E-state index in [4.69, 9.17) is 5.73 Å². The first-order valence-electron chi connectivity index (χ1n) is 9.36. The highest BCUT2D eigenvalue weighted by Crippen LogP contribution is 2.35. The summed E-state index contributed by atoms with van der Waals surface area (Å²) >= 11 is 0. The molecule has 0 aromatic heterocycles. The highest BCUT2D eigenvalue weighted by Gasteiger charge is 2.45. The summed E-state index contributed by atoms with van der Waals surface area (Å²) in [6, 6.07) is 4.23. The quantitative estimate of drug-likeness (QED) is 0.733. The molecular formula is C19H22F2N4O3. The molecule has 3 aliphatic rings. The van der Waals surface area contributed by atoms with Crippen LogP contribution in [-0.2, 0) is 22.7 Å². The molecule has 1 aromatic carbocycles. The van der Waals surface area contributed by atoms with Gasteiger partial charge in [-0.3, -0.25) is 24.6 Å². The van der Waals surface area contributed by atoms with Gasteiger partial charge < -0.3 is 10.6 Å². The zero-order valence-corrected chi connectivity index (χ0v) is 15.3. The minimum Gasteiger partial charge on any atom is -0.329 e. The number of piperidine rings is 1. The monoisotopic (exact) mass is 392 g/mol. The minimum absolute atomic E-state index is 0.126. The molecule has 1 aromatic rings. The molecule has 0 spiro atoms. The van der Waals surface area contributed by atoms with E-state index in [2.05, 4.69) is 5.32 Å². The summed E-state index contributed by atoms with van der Waals surface area (Å²) in [4.78, 5) is 39.7. The number of fused-ring (bicyclic) bond motifs is 1. The third-order valence-electron chi connectivity index (χ3n) is 5.77. The number of carbonyl (C=O) groups excluding carboxylic acids is 3. The number of benzene rings is 1. The van der Waals surface area contributed by atoms with Crippen molar-refractivity contribution in [2.45, 2.75) is 50.4 Å². The fourth-order valence-electron chi connectivity index (χ4n) is 4.42. The van der Waals surface area contributed by atoms with Gasteiger partial charge in [0.1, 0.15) is 6.04 Å². The average Bonchev–Trinajstić information content (AvgIpc) is 3.11. The van der Waals surface area contributed by atoms with Gasteiger partial charge >= 0.3 is 0 Å². The van der Waals surface area contributed by atoms with Gasteiger partial charge in [-0.15, -0.1) is 0 Å². The second-order valence-corrected chi connectivity index (χ2v) is 7.71. The lowest BCUT2D eigenvalue weighted by molar-refractivity contribution is -0.136. The summed E-state index contributed by atoms with van der Waals surface area (Å²) in [5.74, 6) is -3.89. The number of hydrogen-bond acceptors (Lipinski definition) is 5. The summed E-state index contributed by atoms with van der Waals surface area (Å²) in [6.07, 6.45) is 0.187. The van der Waals surface area contributed by atoms with E-state index in [0.29, 0.717) is 11.1 Å². The van der Waals surface area contributed by atoms with Crippen molar-refractivity contribution < 1.29 is 23.2 Å². The van der Waals surface area contributed by atoms with Crippen molar-refractivity contribution >= 4 is 17.7 Å². The molecule has 0 saturated carbocycles. The summed E-state index contributed by atoms with van der Waals surface area (Å²) in [5.41, 5.74) is 7.56. The highest BCUT2D eigenvalue weighted by molar-refractivity contribution is 6.05. The fourth-order valence-corrected chi connectivity index (χ4v) is 4.42. The Hall–Kier alpha value is -2.39. The average molecular weight is 392 g/mol. The Morgan fingerprint density at radius 3 is 2.75 bits per heavy atom. The van der Waals surface area contributed by atoms with Crippen LogP contribution in [0.3, 0.4) is 0 Å². The normalized spacial score (nSPS) is 27.2. The number of nitrogens with one attached hydrogen (secondary N) is 1. The van der Waals surface area contributed by atoms with Crippen LogP contribution in [0.15, 0.2) is 18.2 Å². The maximum atomic E-state index is 13.8. The molecule has 2 unspecified atom stereocenters. The molecule has 150 valence electrons. The van der Waals surface area contributed by atoms with E-state index in [9.17, 15) is 23.2 Å². The van der Waals surface area contributed by atoms with Crippen LogP contribution >= 0.6 is 0 Å². The summed E-state index contributed by atoms with van der Waals surface area (Å²) in [5, 5.41) is 2.27. The van der Waals surface area contributed by atoms with Gasteiger partial charge in [-0.05, 0) is 17.5 Å². The second kappa shape index (κ2) is 6.89. The van der Waals surface area contributed by atoms with Crippen LogP contribution < -0.4 is 11.1 Å². The fraction of sp³-hybridized carbons (Fsp3) is 0.526.